The van der Waals surface area contributed by atoms with Gasteiger partial charge in [0.1, 0.15) is 17.2 Å². The Labute approximate surface area is 198 Å². The number of fused-ring (bicyclic) bond motifs is 1. The summed E-state index contributed by atoms with van der Waals surface area (Å²) in [6.45, 7) is 0.750. The van der Waals surface area contributed by atoms with E-state index in [1.54, 1.807) is 13.2 Å². The molecule has 6 heteroatoms. The van der Waals surface area contributed by atoms with E-state index in [-0.39, 0.29) is 5.91 Å². The number of aromatic nitrogens is 1. The molecule has 2 N–H and O–H groups in total. The van der Waals surface area contributed by atoms with Gasteiger partial charge in [-0.05, 0) is 98.7 Å². The molecule has 0 unspecified atom stereocenters. The van der Waals surface area contributed by atoms with Crippen LogP contribution in [0, 0.1) is 23.2 Å². The zero-order chi connectivity index (χ0) is 22.6. The van der Waals surface area contributed by atoms with Crippen molar-refractivity contribution >= 4 is 34.1 Å². The first-order valence-electron chi connectivity index (χ1n) is 11.9. The first-order chi connectivity index (χ1) is 16.0. The predicted molar refractivity (Wildman–Crippen MR) is 130 cm³/mol. The van der Waals surface area contributed by atoms with E-state index in [0.29, 0.717) is 27.6 Å². The summed E-state index contributed by atoms with van der Waals surface area (Å²) in [6, 6.07) is 13.0. The number of nitrogens with one attached hydrogen (secondary N) is 2. The second-order valence-corrected chi connectivity index (χ2v) is 10.8. The Hall–Kier alpha value is -2.66. The number of ether oxygens (including phenoxy) is 2. The van der Waals surface area contributed by atoms with Crippen molar-refractivity contribution in [3.63, 3.8) is 0 Å². The SMILES string of the molecule is COc1ccc2[nH]c(C(=O)Nc3ccc(OCC45CC6CC(CC(C6)C4)C5)c(Cl)c3)cc2c1. The van der Waals surface area contributed by atoms with E-state index < -0.39 is 0 Å². The topological polar surface area (TPSA) is 63.4 Å². The van der Waals surface area contributed by atoms with E-state index in [4.69, 9.17) is 21.1 Å². The van der Waals surface area contributed by atoms with Gasteiger partial charge < -0.3 is 19.8 Å². The van der Waals surface area contributed by atoms with E-state index in [9.17, 15) is 4.79 Å². The van der Waals surface area contributed by atoms with Crippen LogP contribution >= 0.6 is 11.6 Å². The number of methoxy groups -OCH3 is 1. The standard InChI is InChI=1S/C27H29ClN2O3/c1-32-21-3-4-23-19(9-21)10-24(30-23)26(31)29-20-2-5-25(22(28)11-20)33-15-27-12-16-6-17(13-27)8-18(7-16)14-27/h2-5,9-11,16-18,30H,6-8,12-15H2,1H3,(H,29,31). The average Bonchev–Trinajstić information content (AvgIpc) is 3.21. The van der Waals surface area contributed by atoms with Crippen LogP contribution in [0.25, 0.3) is 10.9 Å². The number of H-pyrrole nitrogens is 1. The summed E-state index contributed by atoms with van der Waals surface area (Å²) in [6.07, 6.45) is 8.21. The molecule has 0 aliphatic heterocycles. The van der Waals surface area contributed by atoms with Crippen LogP contribution in [0.1, 0.15) is 49.0 Å². The molecule has 4 saturated carbocycles. The molecule has 2 aromatic carbocycles. The van der Waals surface area contributed by atoms with Gasteiger partial charge >= 0.3 is 0 Å². The minimum Gasteiger partial charge on any atom is -0.497 e. The van der Waals surface area contributed by atoms with E-state index in [1.807, 2.05) is 36.4 Å². The Morgan fingerprint density at radius 3 is 2.45 bits per heavy atom. The fraction of sp³-hybridized carbons (Fsp3) is 0.444. The zero-order valence-electron chi connectivity index (χ0n) is 18.8. The lowest BCUT2D eigenvalue weighted by Gasteiger charge is -2.56. The summed E-state index contributed by atoms with van der Waals surface area (Å²) >= 11 is 6.54. The first-order valence-corrected chi connectivity index (χ1v) is 12.3. The van der Waals surface area contributed by atoms with Gasteiger partial charge in [-0.15, -0.1) is 0 Å². The smallest absolute Gasteiger partial charge is 0.272 e. The van der Waals surface area contributed by atoms with Gasteiger partial charge in [0.05, 0.1) is 18.7 Å². The molecule has 172 valence electrons. The maximum Gasteiger partial charge on any atom is 0.272 e. The molecular formula is C27H29ClN2O3. The van der Waals surface area contributed by atoms with Crippen molar-refractivity contribution in [2.75, 3.05) is 19.0 Å². The first kappa shape index (κ1) is 20.9. The van der Waals surface area contributed by atoms with Crippen LogP contribution in [-0.2, 0) is 0 Å². The van der Waals surface area contributed by atoms with Crippen molar-refractivity contribution in [3.05, 3.63) is 53.2 Å². The maximum absolute atomic E-state index is 12.8. The molecule has 0 atom stereocenters. The normalized spacial score (nSPS) is 27.6. The van der Waals surface area contributed by atoms with Crippen LogP contribution in [0.3, 0.4) is 0 Å². The lowest BCUT2D eigenvalue weighted by Crippen LogP contribution is -2.48. The van der Waals surface area contributed by atoms with Crippen molar-refractivity contribution < 1.29 is 14.3 Å². The monoisotopic (exact) mass is 464 g/mol. The van der Waals surface area contributed by atoms with Crippen molar-refractivity contribution in [3.8, 4) is 11.5 Å². The number of halogens is 1. The molecule has 33 heavy (non-hydrogen) atoms. The molecule has 3 aromatic rings. The zero-order valence-corrected chi connectivity index (χ0v) is 19.6. The highest BCUT2D eigenvalue weighted by Crippen LogP contribution is 2.60. The van der Waals surface area contributed by atoms with Gasteiger partial charge in [-0.25, -0.2) is 0 Å². The molecule has 1 amide bonds. The number of hydrogen-bond acceptors (Lipinski definition) is 3. The maximum atomic E-state index is 12.8. The van der Waals surface area contributed by atoms with E-state index in [2.05, 4.69) is 10.3 Å². The number of anilines is 1. The Morgan fingerprint density at radius 2 is 1.79 bits per heavy atom. The van der Waals surface area contributed by atoms with Gasteiger partial charge in [-0.1, -0.05) is 11.6 Å². The molecule has 5 nitrogen and oxygen atoms in total. The van der Waals surface area contributed by atoms with Gasteiger partial charge in [0.2, 0.25) is 0 Å². The Morgan fingerprint density at radius 1 is 1.06 bits per heavy atom. The molecule has 0 radical (unpaired) electrons. The highest BCUT2D eigenvalue weighted by Gasteiger charge is 2.51. The predicted octanol–water partition coefficient (Wildman–Crippen LogP) is 6.68. The molecule has 4 aliphatic rings. The number of hydrogen-bond donors (Lipinski definition) is 2. The Bertz CT molecular complexity index is 1180. The molecule has 1 aromatic heterocycles. The van der Waals surface area contributed by atoms with E-state index in [0.717, 1.165) is 41.0 Å². The second-order valence-electron chi connectivity index (χ2n) is 10.4. The van der Waals surface area contributed by atoms with Crippen molar-refractivity contribution in [2.24, 2.45) is 23.2 Å². The quantitative estimate of drug-likeness (QED) is 0.427. The number of benzene rings is 2. The van der Waals surface area contributed by atoms with Gasteiger partial charge in [-0.2, -0.15) is 0 Å². The van der Waals surface area contributed by atoms with Gasteiger partial charge in [0, 0.05) is 22.0 Å². The van der Waals surface area contributed by atoms with Crippen LogP contribution in [0.15, 0.2) is 42.5 Å². The lowest BCUT2D eigenvalue weighted by atomic mass is 9.50. The summed E-state index contributed by atoms with van der Waals surface area (Å²) in [7, 11) is 1.63. The van der Waals surface area contributed by atoms with E-state index in [1.165, 1.54) is 38.5 Å². The van der Waals surface area contributed by atoms with Crippen molar-refractivity contribution in [1.29, 1.82) is 0 Å². The van der Waals surface area contributed by atoms with Crippen LogP contribution < -0.4 is 14.8 Å². The third kappa shape index (κ3) is 3.97. The minimum atomic E-state index is -0.219. The molecule has 1 heterocycles. The highest BCUT2D eigenvalue weighted by molar-refractivity contribution is 6.32. The lowest BCUT2D eigenvalue weighted by molar-refractivity contribution is -0.0745. The molecule has 0 spiro atoms. The van der Waals surface area contributed by atoms with Gasteiger partial charge in [0.15, 0.2) is 0 Å². The van der Waals surface area contributed by atoms with Gasteiger partial charge in [0.25, 0.3) is 5.91 Å². The number of amides is 1. The van der Waals surface area contributed by atoms with Crippen LogP contribution in [0.5, 0.6) is 11.5 Å². The molecule has 4 aliphatic carbocycles. The summed E-state index contributed by atoms with van der Waals surface area (Å²) in [4.78, 5) is 15.9. The molecule has 4 bridgehead atoms. The summed E-state index contributed by atoms with van der Waals surface area (Å²) < 4.78 is 11.5. The van der Waals surface area contributed by atoms with Crippen LogP contribution in [0.4, 0.5) is 5.69 Å². The minimum absolute atomic E-state index is 0.219. The van der Waals surface area contributed by atoms with E-state index >= 15 is 0 Å². The van der Waals surface area contributed by atoms with Crippen LogP contribution in [0.2, 0.25) is 5.02 Å². The number of rotatable bonds is 6. The van der Waals surface area contributed by atoms with Gasteiger partial charge in [-0.3, -0.25) is 4.79 Å². The van der Waals surface area contributed by atoms with Crippen molar-refractivity contribution in [2.45, 2.75) is 38.5 Å². The van der Waals surface area contributed by atoms with Crippen LogP contribution in [-0.4, -0.2) is 24.6 Å². The highest BCUT2D eigenvalue weighted by atomic mass is 35.5. The third-order valence-electron chi connectivity index (χ3n) is 7.96. The van der Waals surface area contributed by atoms with Crippen molar-refractivity contribution in [1.82, 2.24) is 4.98 Å². The molecule has 7 rings (SSSR count). The third-order valence-corrected chi connectivity index (χ3v) is 8.26. The number of carbonyl (C=O) groups is 1. The fourth-order valence-electron chi connectivity index (χ4n) is 6.95. The Kier molecular flexibility index (Phi) is 5.06. The molecular weight excluding hydrogens is 436 g/mol. The molecule has 0 saturated heterocycles. The second kappa shape index (κ2) is 7.98. The Balaban J connectivity index is 1.12. The largest absolute Gasteiger partial charge is 0.497 e. The summed E-state index contributed by atoms with van der Waals surface area (Å²) in [5.74, 6) is 3.94. The molecule has 4 fully saturated rings. The number of carbonyl (C=O) groups excluding carboxylic acids is 1. The number of aromatic amines is 1. The fourth-order valence-corrected chi connectivity index (χ4v) is 7.19. The average molecular weight is 465 g/mol. The summed E-state index contributed by atoms with van der Waals surface area (Å²) in [5.41, 5.74) is 2.34. The summed E-state index contributed by atoms with van der Waals surface area (Å²) in [5, 5.41) is 4.37.